The number of amides is 1. The van der Waals surface area contributed by atoms with Crippen LogP contribution in [-0.2, 0) is 14.3 Å². The third-order valence-electron chi connectivity index (χ3n) is 4.70. The lowest BCUT2D eigenvalue weighted by molar-refractivity contribution is -0.144. The Bertz CT molecular complexity index is 332. The Morgan fingerprint density at radius 1 is 0.654 bits per heavy atom. The van der Waals surface area contributed by atoms with Crippen LogP contribution >= 0.6 is 0 Å². The molecule has 0 aromatic carbocycles. The van der Waals surface area contributed by atoms with Gasteiger partial charge in [-0.25, -0.2) is 0 Å². The fourth-order valence-corrected chi connectivity index (χ4v) is 2.93. The first-order chi connectivity index (χ1) is 12.7. The molecule has 0 aliphatic carbocycles. The van der Waals surface area contributed by atoms with Gasteiger partial charge in [0.2, 0.25) is 5.91 Å². The summed E-state index contributed by atoms with van der Waals surface area (Å²) in [6.07, 6.45) is 14.1. The molecule has 0 aliphatic heterocycles. The van der Waals surface area contributed by atoms with Crippen LogP contribution in [0.1, 0.15) is 111 Å². The quantitative estimate of drug-likeness (QED) is 0.224. The van der Waals surface area contributed by atoms with E-state index >= 15 is 0 Å². The molecule has 4 nitrogen and oxygen atoms in total. The summed E-state index contributed by atoms with van der Waals surface area (Å²) in [4.78, 5) is 26.2. The number of hydrogen-bond acceptors (Lipinski definition) is 3. The van der Waals surface area contributed by atoms with Gasteiger partial charge >= 0.3 is 5.97 Å². The minimum absolute atomic E-state index is 0.123. The Morgan fingerprint density at radius 2 is 1.19 bits per heavy atom. The molecule has 4 heteroatoms. The van der Waals surface area contributed by atoms with Crippen LogP contribution in [0.5, 0.6) is 0 Å². The molecular weight excluding hydrogens is 326 g/mol. The lowest BCUT2D eigenvalue weighted by Gasteiger charge is -2.23. The Morgan fingerprint density at radius 3 is 1.73 bits per heavy atom. The van der Waals surface area contributed by atoms with Crippen molar-refractivity contribution in [2.45, 2.75) is 111 Å². The second-order valence-corrected chi connectivity index (χ2v) is 7.28. The largest absolute Gasteiger partial charge is 0.466 e. The smallest absolute Gasteiger partial charge is 0.305 e. The molecule has 0 N–H and O–H groups in total. The molecule has 0 aliphatic rings. The van der Waals surface area contributed by atoms with Gasteiger partial charge in [-0.2, -0.15) is 0 Å². The second kappa shape index (κ2) is 18.7. The van der Waals surface area contributed by atoms with E-state index in [-0.39, 0.29) is 11.9 Å². The number of ether oxygens (including phenoxy) is 1. The summed E-state index contributed by atoms with van der Waals surface area (Å²) in [5.74, 6) is 0.138. The van der Waals surface area contributed by atoms with Crippen LogP contribution in [0.25, 0.3) is 0 Å². The van der Waals surface area contributed by atoms with Gasteiger partial charge < -0.3 is 9.64 Å². The first kappa shape index (κ1) is 24.9. The van der Waals surface area contributed by atoms with E-state index in [2.05, 4.69) is 25.7 Å². The molecule has 0 heterocycles. The van der Waals surface area contributed by atoms with E-state index in [1.54, 1.807) is 0 Å². The Kier molecular flexibility index (Phi) is 18.0. The summed E-state index contributed by atoms with van der Waals surface area (Å²) in [5, 5.41) is 0. The molecule has 1 amide bonds. The standard InChI is InChI=1S/C22H43NO3/c1-4-7-10-14-18-23(19-15-11-8-5-2)21(24)16-12-13-17-22(25)26-20-9-6-3/h4-20H2,1-3H3. The molecule has 0 bridgehead atoms. The molecule has 0 fully saturated rings. The highest BCUT2D eigenvalue weighted by molar-refractivity contribution is 5.76. The minimum atomic E-state index is -0.123. The molecule has 154 valence electrons. The summed E-state index contributed by atoms with van der Waals surface area (Å²) in [6, 6.07) is 0. The average Bonchev–Trinajstić information content (AvgIpc) is 2.64. The minimum Gasteiger partial charge on any atom is -0.466 e. The van der Waals surface area contributed by atoms with Gasteiger partial charge in [0, 0.05) is 25.9 Å². The third-order valence-corrected chi connectivity index (χ3v) is 4.70. The van der Waals surface area contributed by atoms with Crippen molar-refractivity contribution >= 4 is 11.9 Å². The monoisotopic (exact) mass is 369 g/mol. The maximum Gasteiger partial charge on any atom is 0.305 e. The van der Waals surface area contributed by atoms with Crippen molar-refractivity contribution in [1.82, 2.24) is 4.90 Å². The SMILES string of the molecule is CCCCCCN(CCCCCC)C(=O)CCCCC(=O)OCCCC. The first-order valence-electron chi connectivity index (χ1n) is 11.1. The normalized spacial score (nSPS) is 10.7. The first-order valence-corrected chi connectivity index (χ1v) is 11.1. The van der Waals surface area contributed by atoms with E-state index in [0.29, 0.717) is 19.4 Å². The maximum absolute atomic E-state index is 12.5. The Balaban J connectivity index is 4.03. The van der Waals surface area contributed by atoms with Crippen molar-refractivity contribution in [3.05, 3.63) is 0 Å². The molecule has 0 unspecified atom stereocenters. The summed E-state index contributed by atoms with van der Waals surface area (Å²) in [7, 11) is 0. The number of rotatable bonds is 18. The lowest BCUT2D eigenvalue weighted by atomic mass is 10.1. The van der Waals surface area contributed by atoms with Crippen molar-refractivity contribution in [2.24, 2.45) is 0 Å². The van der Waals surface area contributed by atoms with Gasteiger partial charge in [0.15, 0.2) is 0 Å². The van der Waals surface area contributed by atoms with Crippen LogP contribution in [0, 0.1) is 0 Å². The number of esters is 1. The van der Waals surface area contributed by atoms with E-state index in [9.17, 15) is 9.59 Å². The average molecular weight is 370 g/mol. The second-order valence-electron chi connectivity index (χ2n) is 7.28. The molecule has 0 spiro atoms. The molecule has 0 radical (unpaired) electrons. The molecule has 0 rings (SSSR count). The fourth-order valence-electron chi connectivity index (χ4n) is 2.93. The van der Waals surface area contributed by atoms with Crippen LogP contribution in [0.4, 0.5) is 0 Å². The summed E-state index contributed by atoms with van der Waals surface area (Å²) in [6.45, 7) is 8.81. The molecule has 0 aromatic rings. The Labute approximate surface area is 162 Å². The molecule has 0 saturated heterocycles. The number of hydrogen-bond donors (Lipinski definition) is 0. The zero-order valence-electron chi connectivity index (χ0n) is 17.7. The van der Waals surface area contributed by atoms with Crippen LogP contribution in [-0.4, -0.2) is 36.5 Å². The number of carbonyl (C=O) groups is 2. The van der Waals surface area contributed by atoms with Crippen LogP contribution in [0.3, 0.4) is 0 Å². The van der Waals surface area contributed by atoms with Gasteiger partial charge in [-0.15, -0.1) is 0 Å². The number of unbranched alkanes of at least 4 members (excludes halogenated alkanes) is 8. The van der Waals surface area contributed by atoms with Crippen molar-refractivity contribution in [2.75, 3.05) is 19.7 Å². The highest BCUT2D eigenvalue weighted by atomic mass is 16.5. The van der Waals surface area contributed by atoms with E-state index in [4.69, 9.17) is 4.74 Å². The summed E-state index contributed by atoms with van der Waals surface area (Å²) >= 11 is 0. The van der Waals surface area contributed by atoms with E-state index in [1.807, 2.05) is 0 Å². The van der Waals surface area contributed by atoms with Crippen LogP contribution in [0.15, 0.2) is 0 Å². The van der Waals surface area contributed by atoms with Gasteiger partial charge in [0.1, 0.15) is 0 Å². The van der Waals surface area contributed by atoms with Crippen molar-refractivity contribution in [3.63, 3.8) is 0 Å². The number of carbonyl (C=O) groups excluding carboxylic acids is 2. The van der Waals surface area contributed by atoms with E-state index in [1.165, 1.54) is 38.5 Å². The predicted octanol–water partition coefficient (Wildman–Crippen LogP) is 5.88. The van der Waals surface area contributed by atoms with Crippen molar-refractivity contribution in [3.8, 4) is 0 Å². The van der Waals surface area contributed by atoms with Crippen molar-refractivity contribution in [1.29, 1.82) is 0 Å². The lowest BCUT2D eigenvalue weighted by Crippen LogP contribution is -2.32. The maximum atomic E-state index is 12.5. The van der Waals surface area contributed by atoms with Gasteiger partial charge in [-0.05, 0) is 32.1 Å². The number of nitrogens with zero attached hydrogens (tertiary/aromatic N) is 1. The Hall–Kier alpha value is -1.06. The highest BCUT2D eigenvalue weighted by Gasteiger charge is 2.13. The van der Waals surface area contributed by atoms with Gasteiger partial charge in [-0.1, -0.05) is 65.7 Å². The summed E-state index contributed by atoms with van der Waals surface area (Å²) in [5.41, 5.74) is 0. The highest BCUT2D eigenvalue weighted by Crippen LogP contribution is 2.10. The molecule has 26 heavy (non-hydrogen) atoms. The third kappa shape index (κ3) is 15.2. The predicted molar refractivity (Wildman–Crippen MR) is 109 cm³/mol. The summed E-state index contributed by atoms with van der Waals surface area (Å²) < 4.78 is 5.15. The van der Waals surface area contributed by atoms with Gasteiger partial charge in [-0.3, -0.25) is 9.59 Å². The van der Waals surface area contributed by atoms with Crippen molar-refractivity contribution < 1.29 is 14.3 Å². The molecule has 0 aromatic heterocycles. The zero-order valence-corrected chi connectivity index (χ0v) is 17.7. The van der Waals surface area contributed by atoms with Gasteiger partial charge in [0.05, 0.1) is 6.61 Å². The fraction of sp³-hybridized carbons (Fsp3) is 0.909. The van der Waals surface area contributed by atoms with E-state index in [0.717, 1.165) is 51.6 Å². The molecule has 0 atom stereocenters. The molecular formula is C22H43NO3. The molecule has 0 saturated carbocycles. The zero-order chi connectivity index (χ0) is 19.5. The van der Waals surface area contributed by atoms with E-state index < -0.39 is 0 Å². The van der Waals surface area contributed by atoms with Gasteiger partial charge in [0.25, 0.3) is 0 Å². The topological polar surface area (TPSA) is 46.6 Å². The van der Waals surface area contributed by atoms with Crippen LogP contribution in [0.2, 0.25) is 0 Å². The van der Waals surface area contributed by atoms with Crippen LogP contribution < -0.4 is 0 Å².